The number of hydrogen-bond acceptors (Lipinski definition) is 4. The van der Waals surface area contributed by atoms with Crippen LogP contribution in [0.4, 0.5) is 10.1 Å². The lowest BCUT2D eigenvalue weighted by molar-refractivity contribution is 0.0697. The molecule has 0 saturated heterocycles. The van der Waals surface area contributed by atoms with Crippen LogP contribution < -0.4 is 4.72 Å². The molecule has 22 heavy (non-hydrogen) atoms. The highest BCUT2D eigenvalue weighted by molar-refractivity contribution is 7.92. The molecule has 10 heteroatoms. The molecule has 0 spiro atoms. The highest BCUT2D eigenvalue weighted by atomic mass is 35.5. The summed E-state index contributed by atoms with van der Waals surface area (Å²) >= 11 is 5.88. The van der Waals surface area contributed by atoms with Crippen LogP contribution in [0.25, 0.3) is 0 Å². The van der Waals surface area contributed by atoms with Crippen LogP contribution in [0.5, 0.6) is 0 Å². The summed E-state index contributed by atoms with van der Waals surface area (Å²) in [6, 6.07) is 2.77. The van der Waals surface area contributed by atoms with E-state index in [9.17, 15) is 17.6 Å². The SMILES string of the molecule is Cc1nn(C)c(Cl)c1S(=O)(=O)Nc1cc(C(=O)O)ccc1F. The van der Waals surface area contributed by atoms with Crippen molar-refractivity contribution >= 4 is 33.3 Å². The standard InChI is InChI=1S/C12H11ClFN3O4S/c1-6-10(11(13)17(2)15-6)22(20,21)16-9-5-7(12(18)19)3-4-8(9)14/h3-5,16H,1-2H3,(H,18,19). The molecule has 1 heterocycles. The third-order valence-corrected chi connectivity index (χ3v) is 4.89. The molecule has 0 atom stereocenters. The number of aromatic carboxylic acids is 1. The Kier molecular flexibility index (Phi) is 4.12. The number of aromatic nitrogens is 2. The van der Waals surface area contributed by atoms with Crippen molar-refractivity contribution in [1.82, 2.24) is 9.78 Å². The Bertz CT molecular complexity index is 863. The van der Waals surface area contributed by atoms with Crippen LogP contribution in [0.15, 0.2) is 23.1 Å². The first kappa shape index (κ1) is 16.2. The molecular formula is C12H11ClFN3O4S. The maximum absolute atomic E-state index is 13.7. The number of nitrogens with one attached hydrogen (secondary N) is 1. The van der Waals surface area contributed by atoms with E-state index in [1.54, 1.807) is 0 Å². The second-order valence-electron chi connectivity index (χ2n) is 4.43. The minimum atomic E-state index is -4.22. The van der Waals surface area contributed by atoms with Crippen molar-refractivity contribution in [3.8, 4) is 0 Å². The predicted octanol–water partition coefficient (Wildman–Crippen LogP) is 2.02. The van der Waals surface area contributed by atoms with E-state index in [0.29, 0.717) is 0 Å². The molecule has 1 aromatic carbocycles. The highest BCUT2D eigenvalue weighted by Gasteiger charge is 2.26. The number of aryl methyl sites for hydroxylation is 2. The fraction of sp³-hybridized carbons (Fsp3) is 0.167. The molecule has 0 aliphatic carbocycles. The number of benzene rings is 1. The molecule has 0 aliphatic rings. The Morgan fingerprint density at radius 1 is 1.45 bits per heavy atom. The molecule has 7 nitrogen and oxygen atoms in total. The third-order valence-electron chi connectivity index (χ3n) is 2.83. The molecule has 0 bridgehead atoms. The van der Waals surface area contributed by atoms with Gasteiger partial charge in [0.05, 0.1) is 16.9 Å². The van der Waals surface area contributed by atoms with Gasteiger partial charge >= 0.3 is 5.97 Å². The Hall–Kier alpha value is -2.13. The number of hydrogen-bond donors (Lipinski definition) is 2. The zero-order chi connectivity index (χ0) is 16.7. The van der Waals surface area contributed by atoms with Gasteiger partial charge in [-0.25, -0.2) is 17.6 Å². The molecule has 0 aliphatic heterocycles. The lowest BCUT2D eigenvalue weighted by Gasteiger charge is -2.09. The molecule has 0 fully saturated rings. The van der Waals surface area contributed by atoms with Gasteiger partial charge in [0.2, 0.25) is 0 Å². The van der Waals surface area contributed by atoms with Gasteiger partial charge in [-0.05, 0) is 25.1 Å². The number of rotatable bonds is 4. The normalized spacial score (nSPS) is 11.5. The first-order chi connectivity index (χ1) is 10.1. The van der Waals surface area contributed by atoms with E-state index < -0.39 is 27.5 Å². The maximum Gasteiger partial charge on any atom is 0.335 e. The van der Waals surface area contributed by atoms with Gasteiger partial charge in [-0.1, -0.05) is 11.6 Å². The molecule has 0 unspecified atom stereocenters. The van der Waals surface area contributed by atoms with Crippen LogP contribution in [-0.4, -0.2) is 29.3 Å². The Labute approximate surface area is 130 Å². The molecule has 2 rings (SSSR count). The summed E-state index contributed by atoms with van der Waals surface area (Å²) in [4.78, 5) is 10.6. The number of sulfonamides is 1. The van der Waals surface area contributed by atoms with Crippen LogP contribution in [-0.2, 0) is 17.1 Å². The van der Waals surface area contributed by atoms with Crippen molar-refractivity contribution in [3.63, 3.8) is 0 Å². The maximum atomic E-state index is 13.7. The van der Waals surface area contributed by atoms with Crippen molar-refractivity contribution in [2.75, 3.05) is 4.72 Å². The van der Waals surface area contributed by atoms with E-state index in [0.717, 1.165) is 22.9 Å². The predicted molar refractivity (Wildman–Crippen MR) is 77.1 cm³/mol. The van der Waals surface area contributed by atoms with Gasteiger partial charge in [0, 0.05) is 7.05 Å². The lowest BCUT2D eigenvalue weighted by Crippen LogP contribution is -2.15. The van der Waals surface area contributed by atoms with Crippen LogP contribution in [0.2, 0.25) is 5.15 Å². The molecule has 2 aromatic rings. The van der Waals surface area contributed by atoms with E-state index in [2.05, 4.69) is 5.10 Å². The average Bonchev–Trinajstić information content (AvgIpc) is 2.65. The van der Waals surface area contributed by atoms with E-state index in [1.807, 2.05) is 4.72 Å². The first-order valence-electron chi connectivity index (χ1n) is 5.88. The minimum absolute atomic E-state index is 0.134. The fourth-order valence-electron chi connectivity index (χ4n) is 1.85. The Balaban J connectivity index is 2.49. The monoisotopic (exact) mass is 347 g/mol. The lowest BCUT2D eigenvalue weighted by atomic mass is 10.2. The molecule has 0 radical (unpaired) electrons. The van der Waals surface area contributed by atoms with E-state index >= 15 is 0 Å². The Morgan fingerprint density at radius 2 is 2.09 bits per heavy atom. The Morgan fingerprint density at radius 3 is 2.59 bits per heavy atom. The van der Waals surface area contributed by atoms with Gasteiger partial charge in [0.25, 0.3) is 10.0 Å². The smallest absolute Gasteiger partial charge is 0.335 e. The molecule has 1 aromatic heterocycles. The topological polar surface area (TPSA) is 101 Å². The van der Waals surface area contributed by atoms with E-state index in [4.69, 9.17) is 16.7 Å². The van der Waals surface area contributed by atoms with Gasteiger partial charge < -0.3 is 5.11 Å². The number of carboxylic acid groups (broad SMARTS) is 1. The minimum Gasteiger partial charge on any atom is -0.478 e. The molecule has 0 saturated carbocycles. The second kappa shape index (κ2) is 5.58. The van der Waals surface area contributed by atoms with Gasteiger partial charge in [0.15, 0.2) is 0 Å². The number of nitrogens with zero attached hydrogens (tertiary/aromatic N) is 2. The molecule has 118 valence electrons. The zero-order valence-electron chi connectivity index (χ0n) is 11.5. The summed E-state index contributed by atoms with van der Waals surface area (Å²) in [5, 5.41) is 12.6. The van der Waals surface area contributed by atoms with Crippen molar-refractivity contribution in [2.24, 2.45) is 7.05 Å². The van der Waals surface area contributed by atoms with Crippen LogP contribution in [0.1, 0.15) is 16.1 Å². The third kappa shape index (κ3) is 2.90. The number of carboxylic acids is 1. The average molecular weight is 348 g/mol. The van der Waals surface area contributed by atoms with Crippen LogP contribution in [0, 0.1) is 12.7 Å². The molecule has 2 N–H and O–H groups in total. The fourth-order valence-corrected chi connectivity index (χ4v) is 3.66. The van der Waals surface area contributed by atoms with Gasteiger partial charge in [-0.2, -0.15) is 5.10 Å². The number of carbonyl (C=O) groups is 1. The van der Waals surface area contributed by atoms with Gasteiger partial charge in [-0.3, -0.25) is 9.40 Å². The van der Waals surface area contributed by atoms with Crippen LogP contribution in [0.3, 0.4) is 0 Å². The number of halogens is 2. The summed E-state index contributed by atoms with van der Waals surface area (Å²) in [7, 11) is -2.76. The highest BCUT2D eigenvalue weighted by Crippen LogP contribution is 2.27. The van der Waals surface area contributed by atoms with Crippen molar-refractivity contribution in [3.05, 3.63) is 40.4 Å². The van der Waals surface area contributed by atoms with Crippen molar-refractivity contribution in [2.45, 2.75) is 11.8 Å². The van der Waals surface area contributed by atoms with E-state index in [-0.39, 0.29) is 21.3 Å². The largest absolute Gasteiger partial charge is 0.478 e. The van der Waals surface area contributed by atoms with Crippen LogP contribution >= 0.6 is 11.6 Å². The zero-order valence-corrected chi connectivity index (χ0v) is 13.0. The molecule has 0 amide bonds. The van der Waals surface area contributed by atoms with E-state index in [1.165, 1.54) is 14.0 Å². The quantitative estimate of drug-likeness (QED) is 0.881. The number of anilines is 1. The van der Waals surface area contributed by atoms with Gasteiger partial charge in [0.1, 0.15) is 15.9 Å². The van der Waals surface area contributed by atoms with Crippen molar-refractivity contribution in [1.29, 1.82) is 0 Å². The second-order valence-corrected chi connectivity index (χ2v) is 6.41. The summed E-state index contributed by atoms with van der Waals surface area (Å²) in [6.45, 7) is 1.43. The summed E-state index contributed by atoms with van der Waals surface area (Å²) in [6.07, 6.45) is 0. The van der Waals surface area contributed by atoms with Crippen molar-refractivity contribution < 1.29 is 22.7 Å². The molecular weight excluding hydrogens is 337 g/mol. The summed E-state index contributed by atoms with van der Waals surface area (Å²) in [5.74, 6) is -2.22. The summed E-state index contributed by atoms with van der Waals surface area (Å²) in [5.41, 5.74) is -0.609. The summed E-state index contributed by atoms with van der Waals surface area (Å²) < 4.78 is 41.5. The van der Waals surface area contributed by atoms with Gasteiger partial charge in [-0.15, -0.1) is 0 Å². The first-order valence-corrected chi connectivity index (χ1v) is 7.74.